The molecule has 6 heteroatoms. The second-order valence-electron chi connectivity index (χ2n) is 6.15. The van der Waals surface area contributed by atoms with E-state index in [4.69, 9.17) is 4.74 Å². The van der Waals surface area contributed by atoms with Crippen LogP contribution in [0.1, 0.15) is 33.6 Å². The molecule has 1 fully saturated rings. The van der Waals surface area contributed by atoms with Crippen molar-refractivity contribution in [2.24, 2.45) is 11.3 Å². The zero-order valence-corrected chi connectivity index (χ0v) is 14.2. The van der Waals surface area contributed by atoms with Gasteiger partial charge in [-0.1, -0.05) is 13.8 Å². The summed E-state index contributed by atoms with van der Waals surface area (Å²) in [5, 5.41) is 9.48. The van der Waals surface area contributed by atoms with Gasteiger partial charge in [0.1, 0.15) is 0 Å². The third kappa shape index (κ3) is 4.61. The molecule has 0 radical (unpaired) electrons. The maximum atomic E-state index is 12.7. The van der Waals surface area contributed by atoms with E-state index < -0.39 is 11.4 Å². The Hall–Kier alpha value is -0.750. The number of ether oxygens (including phenoxy) is 1. The van der Waals surface area contributed by atoms with Gasteiger partial charge in [0.25, 0.3) is 0 Å². The van der Waals surface area contributed by atoms with Crippen molar-refractivity contribution < 1.29 is 19.4 Å². The number of methoxy groups -OCH3 is 1. The van der Waals surface area contributed by atoms with E-state index in [1.807, 2.05) is 30.5 Å². The van der Waals surface area contributed by atoms with Gasteiger partial charge < -0.3 is 14.7 Å². The van der Waals surface area contributed by atoms with Crippen molar-refractivity contribution >= 4 is 23.6 Å². The first-order chi connectivity index (χ1) is 9.82. The zero-order chi connectivity index (χ0) is 16.0. The van der Waals surface area contributed by atoms with Crippen molar-refractivity contribution in [3.05, 3.63) is 0 Å². The lowest BCUT2D eigenvalue weighted by molar-refractivity contribution is -0.156. The number of thioether (sulfide) groups is 1. The molecule has 21 heavy (non-hydrogen) atoms. The quantitative estimate of drug-likeness (QED) is 0.742. The Kier molecular flexibility index (Phi) is 7.00. The first-order valence-corrected chi connectivity index (χ1v) is 8.58. The van der Waals surface area contributed by atoms with E-state index in [2.05, 4.69) is 0 Å². The van der Waals surface area contributed by atoms with Crippen LogP contribution in [-0.2, 0) is 14.3 Å². The number of hydrogen-bond donors (Lipinski definition) is 1. The van der Waals surface area contributed by atoms with Gasteiger partial charge in [-0.2, -0.15) is 11.8 Å². The fourth-order valence-corrected chi connectivity index (χ4v) is 3.63. The molecular formula is C15H27NO4S. The van der Waals surface area contributed by atoms with Crippen LogP contribution in [-0.4, -0.2) is 59.7 Å². The number of rotatable bonds is 8. The highest BCUT2D eigenvalue weighted by Crippen LogP contribution is 2.33. The number of aliphatic carboxylic acids is 1. The number of nitrogens with zero attached hydrogens (tertiary/aromatic N) is 1. The normalized spacial score (nSPS) is 21.3. The summed E-state index contributed by atoms with van der Waals surface area (Å²) >= 11 is 1.84. The van der Waals surface area contributed by atoms with Crippen molar-refractivity contribution in [1.82, 2.24) is 4.90 Å². The molecule has 122 valence electrons. The molecule has 1 saturated heterocycles. The van der Waals surface area contributed by atoms with Crippen molar-refractivity contribution in [1.29, 1.82) is 0 Å². The van der Waals surface area contributed by atoms with Crippen LogP contribution in [0.4, 0.5) is 0 Å². The highest BCUT2D eigenvalue weighted by atomic mass is 32.2. The predicted molar refractivity (Wildman–Crippen MR) is 84.5 cm³/mol. The van der Waals surface area contributed by atoms with E-state index in [9.17, 15) is 14.7 Å². The van der Waals surface area contributed by atoms with E-state index in [0.29, 0.717) is 13.2 Å². The van der Waals surface area contributed by atoms with E-state index in [0.717, 1.165) is 17.9 Å². The van der Waals surface area contributed by atoms with Gasteiger partial charge in [-0.25, -0.2) is 0 Å². The first-order valence-electron chi connectivity index (χ1n) is 7.42. The number of carbonyl (C=O) groups is 2. The number of carboxylic acid groups (broad SMARTS) is 1. The average Bonchev–Trinajstić information content (AvgIpc) is 2.92. The van der Waals surface area contributed by atoms with Gasteiger partial charge in [0, 0.05) is 31.9 Å². The second kappa shape index (κ2) is 8.03. The average molecular weight is 317 g/mol. The maximum Gasteiger partial charge on any atom is 0.310 e. The van der Waals surface area contributed by atoms with Crippen LogP contribution in [0.2, 0.25) is 0 Å². The number of carboxylic acids is 1. The SMILES string of the molecule is COCCN(C(=O)CC(C)(C(=O)O)C(C)C)C1CCSC1. The van der Waals surface area contributed by atoms with Gasteiger partial charge in [-0.3, -0.25) is 9.59 Å². The Morgan fingerprint density at radius 1 is 1.48 bits per heavy atom. The predicted octanol–water partition coefficient (Wildman–Crippen LogP) is 2.10. The van der Waals surface area contributed by atoms with E-state index in [1.165, 1.54) is 0 Å². The number of amides is 1. The van der Waals surface area contributed by atoms with Gasteiger partial charge in [-0.05, 0) is 25.0 Å². The molecule has 2 atom stereocenters. The summed E-state index contributed by atoms with van der Waals surface area (Å²) in [5.41, 5.74) is -1.02. The molecule has 1 N–H and O–H groups in total. The molecule has 0 spiro atoms. The van der Waals surface area contributed by atoms with Crippen molar-refractivity contribution in [2.75, 3.05) is 31.8 Å². The summed E-state index contributed by atoms with van der Waals surface area (Å²) in [6.45, 7) is 6.39. The van der Waals surface area contributed by atoms with Crippen LogP contribution in [0, 0.1) is 11.3 Å². The van der Waals surface area contributed by atoms with Crippen molar-refractivity contribution in [3.8, 4) is 0 Å². The zero-order valence-electron chi connectivity index (χ0n) is 13.4. The van der Waals surface area contributed by atoms with Crippen molar-refractivity contribution in [2.45, 2.75) is 39.7 Å². The molecule has 2 unspecified atom stereocenters. The van der Waals surface area contributed by atoms with Gasteiger partial charge in [-0.15, -0.1) is 0 Å². The minimum atomic E-state index is -1.02. The fraction of sp³-hybridized carbons (Fsp3) is 0.867. The lowest BCUT2D eigenvalue weighted by Gasteiger charge is -2.34. The largest absolute Gasteiger partial charge is 0.481 e. The molecule has 5 nitrogen and oxygen atoms in total. The van der Waals surface area contributed by atoms with Gasteiger partial charge in [0.15, 0.2) is 0 Å². The smallest absolute Gasteiger partial charge is 0.310 e. The van der Waals surface area contributed by atoms with E-state index >= 15 is 0 Å². The van der Waals surface area contributed by atoms with Crippen LogP contribution in [0.15, 0.2) is 0 Å². The Bertz CT molecular complexity index is 369. The molecule has 0 aromatic heterocycles. The van der Waals surface area contributed by atoms with Crippen LogP contribution < -0.4 is 0 Å². The fourth-order valence-electron chi connectivity index (χ4n) is 2.41. The third-order valence-corrected chi connectivity index (χ3v) is 5.63. The van der Waals surface area contributed by atoms with Crippen LogP contribution in [0.5, 0.6) is 0 Å². The summed E-state index contributed by atoms with van der Waals surface area (Å²) in [4.78, 5) is 26.0. The van der Waals surface area contributed by atoms with E-state index in [-0.39, 0.29) is 24.3 Å². The van der Waals surface area contributed by atoms with Gasteiger partial charge in [0.05, 0.1) is 12.0 Å². The summed E-state index contributed by atoms with van der Waals surface area (Å²) in [6.07, 6.45) is 1.02. The molecule has 0 bridgehead atoms. The first kappa shape index (κ1) is 18.3. The summed E-state index contributed by atoms with van der Waals surface area (Å²) < 4.78 is 5.09. The molecule has 1 aliphatic heterocycles. The van der Waals surface area contributed by atoms with Gasteiger partial charge in [0.2, 0.25) is 5.91 Å². The number of carbonyl (C=O) groups excluding carboxylic acids is 1. The molecular weight excluding hydrogens is 290 g/mol. The molecule has 0 saturated carbocycles. The molecule has 1 heterocycles. The Balaban J connectivity index is 2.81. The molecule has 1 rings (SSSR count). The Morgan fingerprint density at radius 2 is 2.14 bits per heavy atom. The van der Waals surface area contributed by atoms with Crippen LogP contribution in [0.25, 0.3) is 0 Å². The molecule has 0 aromatic rings. The molecule has 1 amide bonds. The minimum absolute atomic E-state index is 0.0465. The second-order valence-corrected chi connectivity index (χ2v) is 7.30. The lowest BCUT2D eigenvalue weighted by atomic mass is 9.76. The lowest BCUT2D eigenvalue weighted by Crippen LogP contribution is -2.46. The third-order valence-electron chi connectivity index (χ3n) is 4.48. The molecule has 0 aromatic carbocycles. The maximum absolute atomic E-state index is 12.7. The molecule has 1 aliphatic rings. The molecule has 0 aliphatic carbocycles. The summed E-state index contributed by atoms with van der Waals surface area (Å²) in [7, 11) is 1.61. The standard InChI is InChI=1S/C15H27NO4S/c1-11(2)15(3,14(18)19)9-13(17)16(6-7-20-4)12-5-8-21-10-12/h11-12H,5-10H2,1-4H3,(H,18,19). The highest BCUT2D eigenvalue weighted by molar-refractivity contribution is 7.99. The van der Waals surface area contributed by atoms with Crippen LogP contribution >= 0.6 is 11.8 Å². The summed E-state index contributed by atoms with van der Waals surface area (Å²) in [6, 6.07) is 0.211. The summed E-state index contributed by atoms with van der Waals surface area (Å²) in [5.74, 6) is 0.917. The Morgan fingerprint density at radius 3 is 2.57 bits per heavy atom. The number of hydrogen-bond acceptors (Lipinski definition) is 4. The topological polar surface area (TPSA) is 66.8 Å². The van der Waals surface area contributed by atoms with Crippen LogP contribution in [0.3, 0.4) is 0 Å². The Labute approximate surface area is 131 Å². The monoisotopic (exact) mass is 317 g/mol. The van der Waals surface area contributed by atoms with Crippen molar-refractivity contribution in [3.63, 3.8) is 0 Å². The minimum Gasteiger partial charge on any atom is -0.481 e. The van der Waals surface area contributed by atoms with E-state index in [1.54, 1.807) is 14.0 Å². The van der Waals surface area contributed by atoms with Gasteiger partial charge >= 0.3 is 5.97 Å². The highest BCUT2D eigenvalue weighted by Gasteiger charge is 2.41.